The van der Waals surface area contributed by atoms with Gasteiger partial charge in [-0.05, 0) is 37.5 Å². The fourth-order valence-corrected chi connectivity index (χ4v) is 2.20. The van der Waals surface area contributed by atoms with Crippen molar-refractivity contribution in [3.63, 3.8) is 0 Å². The Morgan fingerprint density at radius 2 is 1.92 bits per heavy atom. The van der Waals surface area contributed by atoms with Gasteiger partial charge in [0.1, 0.15) is 0 Å². The van der Waals surface area contributed by atoms with Crippen molar-refractivity contribution in [3.8, 4) is 0 Å². The molecule has 1 saturated carbocycles. The fraction of sp³-hybridized carbons (Fsp3) is 1.00. The fourth-order valence-electron chi connectivity index (χ4n) is 2.20. The maximum Gasteiger partial charge on any atom is 0.0180 e. The quantitative estimate of drug-likeness (QED) is 0.675. The third-order valence-corrected chi connectivity index (χ3v) is 3.80. The van der Waals surface area contributed by atoms with Crippen molar-refractivity contribution in [2.45, 2.75) is 58.4 Å². The van der Waals surface area contributed by atoms with Crippen LogP contribution >= 0.6 is 0 Å². The molecule has 1 heteroatoms. The van der Waals surface area contributed by atoms with Crippen molar-refractivity contribution in [1.29, 1.82) is 0 Å². The first-order valence-electron chi connectivity index (χ1n) is 5.37. The van der Waals surface area contributed by atoms with E-state index in [-0.39, 0.29) is 5.54 Å². The molecule has 0 heterocycles. The summed E-state index contributed by atoms with van der Waals surface area (Å²) < 4.78 is 0. The molecule has 1 atom stereocenters. The van der Waals surface area contributed by atoms with Gasteiger partial charge in [0.15, 0.2) is 0 Å². The summed E-state index contributed by atoms with van der Waals surface area (Å²) in [5.74, 6) is 1.61. The molecule has 1 aliphatic carbocycles. The maximum atomic E-state index is 6.38. The molecule has 0 spiro atoms. The van der Waals surface area contributed by atoms with Gasteiger partial charge < -0.3 is 5.73 Å². The highest BCUT2D eigenvalue weighted by molar-refractivity contribution is 4.92. The van der Waals surface area contributed by atoms with Crippen LogP contribution in [0.15, 0.2) is 0 Å². The second-order valence-electron chi connectivity index (χ2n) is 4.72. The Morgan fingerprint density at radius 1 is 1.42 bits per heavy atom. The van der Waals surface area contributed by atoms with Gasteiger partial charge in [0, 0.05) is 5.54 Å². The molecule has 0 radical (unpaired) electrons. The minimum absolute atomic E-state index is 0.168. The molecule has 0 aromatic carbocycles. The highest BCUT2D eigenvalue weighted by Crippen LogP contribution is 2.35. The van der Waals surface area contributed by atoms with Gasteiger partial charge >= 0.3 is 0 Å². The Kier molecular flexibility index (Phi) is 3.16. The molecule has 0 amide bonds. The third-order valence-electron chi connectivity index (χ3n) is 3.80. The molecule has 1 fully saturated rings. The maximum absolute atomic E-state index is 6.38. The first-order chi connectivity index (χ1) is 5.58. The molecule has 1 unspecified atom stereocenters. The zero-order valence-electron chi connectivity index (χ0n) is 8.77. The van der Waals surface area contributed by atoms with E-state index in [9.17, 15) is 0 Å². The van der Waals surface area contributed by atoms with Crippen molar-refractivity contribution in [2.24, 2.45) is 17.6 Å². The molecule has 72 valence electrons. The minimum atomic E-state index is 0.168. The lowest BCUT2D eigenvalue weighted by Crippen LogP contribution is -2.48. The Bertz CT molecular complexity index is 134. The second-order valence-corrected chi connectivity index (χ2v) is 4.72. The lowest BCUT2D eigenvalue weighted by Gasteiger charge is -2.40. The molecule has 0 aliphatic heterocycles. The van der Waals surface area contributed by atoms with Gasteiger partial charge in [-0.2, -0.15) is 0 Å². The lowest BCUT2D eigenvalue weighted by molar-refractivity contribution is 0.174. The van der Waals surface area contributed by atoms with E-state index in [1.165, 1.54) is 32.1 Å². The average Bonchev–Trinajstić information content (AvgIpc) is 2.09. The zero-order chi connectivity index (χ0) is 9.19. The summed E-state index contributed by atoms with van der Waals surface area (Å²) in [5.41, 5.74) is 6.54. The Balaban J connectivity index is 2.49. The molecule has 1 aliphatic rings. The van der Waals surface area contributed by atoms with E-state index in [4.69, 9.17) is 5.73 Å². The lowest BCUT2D eigenvalue weighted by atomic mass is 9.70. The number of hydrogen-bond donors (Lipinski definition) is 1. The van der Waals surface area contributed by atoms with E-state index in [0.29, 0.717) is 5.92 Å². The minimum Gasteiger partial charge on any atom is -0.325 e. The van der Waals surface area contributed by atoms with Crippen molar-refractivity contribution >= 4 is 0 Å². The van der Waals surface area contributed by atoms with Gasteiger partial charge in [0.05, 0.1) is 0 Å². The van der Waals surface area contributed by atoms with Crippen LogP contribution in [-0.2, 0) is 0 Å². The summed E-state index contributed by atoms with van der Waals surface area (Å²) >= 11 is 0. The average molecular weight is 169 g/mol. The second kappa shape index (κ2) is 3.78. The number of hydrogen-bond acceptors (Lipinski definition) is 1. The van der Waals surface area contributed by atoms with E-state index in [0.717, 1.165) is 5.92 Å². The molecule has 0 saturated heterocycles. The molecule has 2 N–H and O–H groups in total. The molecule has 12 heavy (non-hydrogen) atoms. The standard InChI is InChI=1S/C11H23N/c1-4-10(3)11(12)7-5-9(2)6-8-11/h9-10H,4-8,12H2,1-3H3. The predicted molar refractivity (Wildman–Crippen MR) is 54.0 cm³/mol. The first-order valence-corrected chi connectivity index (χ1v) is 5.37. The van der Waals surface area contributed by atoms with Crippen LogP contribution in [0.4, 0.5) is 0 Å². The summed E-state index contributed by atoms with van der Waals surface area (Å²) in [7, 11) is 0. The summed E-state index contributed by atoms with van der Waals surface area (Å²) in [6.07, 6.45) is 6.37. The molecule has 0 bridgehead atoms. The molecule has 1 nitrogen and oxygen atoms in total. The largest absolute Gasteiger partial charge is 0.325 e. The van der Waals surface area contributed by atoms with Crippen molar-refractivity contribution in [1.82, 2.24) is 0 Å². The van der Waals surface area contributed by atoms with E-state index < -0.39 is 0 Å². The van der Waals surface area contributed by atoms with Crippen LogP contribution < -0.4 is 5.73 Å². The number of nitrogens with two attached hydrogens (primary N) is 1. The van der Waals surface area contributed by atoms with E-state index in [1.807, 2.05) is 0 Å². The highest BCUT2D eigenvalue weighted by atomic mass is 14.8. The number of rotatable bonds is 2. The van der Waals surface area contributed by atoms with Crippen molar-refractivity contribution in [2.75, 3.05) is 0 Å². The molecular weight excluding hydrogens is 146 g/mol. The summed E-state index contributed by atoms with van der Waals surface area (Å²) in [6, 6.07) is 0. The Labute approximate surface area is 76.7 Å². The molecule has 0 aromatic rings. The van der Waals surface area contributed by atoms with Crippen molar-refractivity contribution in [3.05, 3.63) is 0 Å². The van der Waals surface area contributed by atoms with Gasteiger partial charge in [-0.1, -0.05) is 27.2 Å². The summed E-state index contributed by atoms with van der Waals surface area (Å²) in [4.78, 5) is 0. The van der Waals surface area contributed by atoms with E-state index in [2.05, 4.69) is 20.8 Å². The van der Waals surface area contributed by atoms with Crippen LogP contribution in [0, 0.1) is 11.8 Å². The molecular formula is C11H23N. The first kappa shape index (κ1) is 10.0. The van der Waals surface area contributed by atoms with Crippen LogP contribution in [0.3, 0.4) is 0 Å². The SMILES string of the molecule is CCC(C)C1(N)CCC(C)CC1. The zero-order valence-corrected chi connectivity index (χ0v) is 8.77. The predicted octanol–water partition coefficient (Wildman–Crippen LogP) is 2.94. The molecule has 0 aromatic heterocycles. The Hall–Kier alpha value is -0.0400. The third kappa shape index (κ3) is 2.01. The summed E-state index contributed by atoms with van der Waals surface area (Å²) in [5, 5.41) is 0. The van der Waals surface area contributed by atoms with Gasteiger partial charge in [-0.3, -0.25) is 0 Å². The van der Waals surface area contributed by atoms with Crippen LogP contribution in [0.5, 0.6) is 0 Å². The molecule has 1 rings (SSSR count). The normalized spacial score (nSPS) is 39.5. The topological polar surface area (TPSA) is 26.0 Å². The van der Waals surface area contributed by atoms with Gasteiger partial charge in [0.25, 0.3) is 0 Å². The monoisotopic (exact) mass is 169 g/mol. The van der Waals surface area contributed by atoms with E-state index >= 15 is 0 Å². The summed E-state index contributed by atoms with van der Waals surface area (Å²) in [6.45, 7) is 6.89. The van der Waals surface area contributed by atoms with Crippen LogP contribution in [-0.4, -0.2) is 5.54 Å². The van der Waals surface area contributed by atoms with E-state index in [1.54, 1.807) is 0 Å². The van der Waals surface area contributed by atoms with Gasteiger partial charge in [-0.15, -0.1) is 0 Å². The van der Waals surface area contributed by atoms with Crippen LogP contribution in [0.2, 0.25) is 0 Å². The van der Waals surface area contributed by atoms with Crippen LogP contribution in [0.25, 0.3) is 0 Å². The van der Waals surface area contributed by atoms with Crippen molar-refractivity contribution < 1.29 is 0 Å². The highest BCUT2D eigenvalue weighted by Gasteiger charge is 2.33. The van der Waals surface area contributed by atoms with Gasteiger partial charge in [-0.25, -0.2) is 0 Å². The van der Waals surface area contributed by atoms with Crippen LogP contribution in [0.1, 0.15) is 52.9 Å². The van der Waals surface area contributed by atoms with Gasteiger partial charge in [0.2, 0.25) is 0 Å². The smallest absolute Gasteiger partial charge is 0.0180 e. The Morgan fingerprint density at radius 3 is 2.33 bits per heavy atom.